The number of hydrogen-bond acceptors (Lipinski definition) is 2. The predicted molar refractivity (Wildman–Crippen MR) is 59.3 cm³/mol. The fourth-order valence-corrected chi connectivity index (χ4v) is 2.00. The van der Waals surface area contributed by atoms with Crippen LogP contribution < -0.4 is 0 Å². The van der Waals surface area contributed by atoms with Crippen LogP contribution in [-0.4, -0.2) is 52.1 Å². The molecule has 0 aromatic heterocycles. The van der Waals surface area contributed by atoms with E-state index in [0.29, 0.717) is 12.4 Å². The zero-order valence-corrected chi connectivity index (χ0v) is 10.3. The van der Waals surface area contributed by atoms with Gasteiger partial charge in [0.2, 0.25) is 0 Å². The average Bonchev–Trinajstić information content (AvgIpc) is 2.33. The van der Waals surface area contributed by atoms with Crippen LogP contribution in [0.5, 0.6) is 0 Å². The minimum Gasteiger partial charge on any atom is -0.309 e. The Morgan fingerprint density at radius 3 is 2.13 bits per heavy atom. The van der Waals surface area contributed by atoms with E-state index in [1.807, 2.05) is 0 Å². The molecule has 1 saturated heterocycles. The highest BCUT2D eigenvalue weighted by Crippen LogP contribution is 2.27. The number of nitrogens with zero attached hydrogens (tertiary/aromatic N) is 2. The molecule has 1 heterocycles. The number of alkyl halides is 2. The monoisotopic (exact) mass is 252 g/mol. The standard InChI is InChI=1S/C9H14Cl2N2O2/c1-9(2)7(14)12(5-3-10)8(15)13(9)6-4-11/h3-6H2,1-2H3. The van der Waals surface area contributed by atoms with E-state index in [4.69, 9.17) is 23.2 Å². The van der Waals surface area contributed by atoms with Gasteiger partial charge in [0.25, 0.3) is 5.91 Å². The third-order valence-electron chi connectivity index (χ3n) is 2.52. The minimum absolute atomic E-state index is 0.210. The number of carbonyl (C=O) groups is 2. The van der Waals surface area contributed by atoms with E-state index >= 15 is 0 Å². The van der Waals surface area contributed by atoms with Crippen molar-refractivity contribution in [2.24, 2.45) is 0 Å². The van der Waals surface area contributed by atoms with Crippen molar-refractivity contribution in [3.05, 3.63) is 0 Å². The normalized spacial score (nSPS) is 20.3. The van der Waals surface area contributed by atoms with Gasteiger partial charge in [-0.1, -0.05) is 0 Å². The molecule has 1 aliphatic heterocycles. The van der Waals surface area contributed by atoms with E-state index in [1.54, 1.807) is 13.8 Å². The van der Waals surface area contributed by atoms with Crippen LogP contribution in [0.3, 0.4) is 0 Å². The number of rotatable bonds is 4. The fourth-order valence-electron chi connectivity index (χ4n) is 1.66. The summed E-state index contributed by atoms with van der Waals surface area (Å²) in [6, 6.07) is -0.300. The van der Waals surface area contributed by atoms with E-state index in [2.05, 4.69) is 0 Å². The Morgan fingerprint density at radius 2 is 1.67 bits per heavy atom. The van der Waals surface area contributed by atoms with Gasteiger partial charge in [0.15, 0.2) is 0 Å². The summed E-state index contributed by atoms with van der Waals surface area (Å²) in [5, 5.41) is 0. The first-order valence-corrected chi connectivity index (χ1v) is 5.79. The summed E-state index contributed by atoms with van der Waals surface area (Å²) in [6.07, 6.45) is 0. The molecule has 0 radical (unpaired) electrons. The molecule has 0 aliphatic carbocycles. The average molecular weight is 253 g/mol. The zero-order chi connectivity index (χ0) is 11.6. The van der Waals surface area contributed by atoms with Gasteiger partial charge in [0.05, 0.1) is 0 Å². The second kappa shape index (κ2) is 4.58. The molecular weight excluding hydrogens is 239 g/mol. The lowest BCUT2D eigenvalue weighted by Gasteiger charge is -2.26. The highest BCUT2D eigenvalue weighted by atomic mass is 35.5. The summed E-state index contributed by atoms with van der Waals surface area (Å²) in [5.41, 5.74) is -0.808. The van der Waals surface area contributed by atoms with Gasteiger partial charge in [-0.15, -0.1) is 23.2 Å². The third kappa shape index (κ3) is 2.06. The van der Waals surface area contributed by atoms with E-state index in [-0.39, 0.29) is 24.4 Å². The number of imide groups is 1. The number of hydrogen-bond donors (Lipinski definition) is 0. The molecule has 0 saturated carbocycles. The molecule has 3 amide bonds. The van der Waals surface area contributed by atoms with Gasteiger partial charge in [-0.25, -0.2) is 4.79 Å². The van der Waals surface area contributed by atoms with Gasteiger partial charge in [-0.05, 0) is 13.8 Å². The maximum absolute atomic E-state index is 11.9. The molecule has 1 rings (SSSR count). The summed E-state index contributed by atoms with van der Waals surface area (Å²) < 4.78 is 0. The molecule has 4 nitrogen and oxygen atoms in total. The van der Waals surface area contributed by atoms with Crippen LogP contribution in [0, 0.1) is 0 Å². The summed E-state index contributed by atoms with van der Waals surface area (Å²) in [6.45, 7) is 4.06. The molecule has 0 unspecified atom stereocenters. The van der Waals surface area contributed by atoms with E-state index in [1.165, 1.54) is 9.80 Å². The first kappa shape index (κ1) is 12.6. The molecule has 0 aromatic carbocycles. The summed E-state index contributed by atoms with van der Waals surface area (Å²) >= 11 is 11.1. The van der Waals surface area contributed by atoms with Crippen molar-refractivity contribution in [2.45, 2.75) is 19.4 Å². The quantitative estimate of drug-likeness (QED) is 0.562. The van der Waals surface area contributed by atoms with Gasteiger partial charge < -0.3 is 4.90 Å². The molecule has 86 valence electrons. The SMILES string of the molecule is CC1(C)C(=O)N(CCCl)C(=O)N1CCCl. The topological polar surface area (TPSA) is 40.6 Å². The van der Waals surface area contributed by atoms with E-state index in [0.717, 1.165) is 0 Å². The third-order valence-corrected chi connectivity index (χ3v) is 2.86. The molecule has 15 heavy (non-hydrogen) atoms. The Hall–Kier alpha value is -0.480. The van der Waals surface area contributed by atoms with Crippen molar-refractivity contribution in [2.75, 3.05) is 24.8 Å². The number of carbonyl (C=O) groups excluding carboxylic acids is 2. The highest BCUT2D eigenvalue weighted by Gasteiger charge is 2.50. The molecule has 0 aromatic rings. The van der Waals surface area contributed by atoms with Gasteiger partial charge in [-0.2, -0.15) is 0 Å². The van der Waals surface area contributed by atoms with Gasteiger partial charge in [0.1, 0.15) is 5.54 Å². The van der Waals surface area contributed by atoms with E-state index in [9.17, 15) is 9.59 Å². The molecule has 6 heteroatoms. The van der Waals surface area contributed by atoms with Crippen LogP contribution in [0.1, 0.15) is 13.8 Å². The number of urea groups is 1. The van der Waals surface area contributed by atoms with Gasteiger partial charge in [0, 0.05) is 24.8 Å². The second-order valence-corrected chi connectivity index (χ2v) is 4.58. The lowest BCUT2D eigenvalue weighted by Crippen LogP contribution is -2.45. The number of halogens is 2. The Bertz CT molecular complexity index is 281. The largest absolute Gasteiger partial charge is 0.327 e. The first-order chi connectivity index (χ1) is 6.96. The predicted octanol–water partition coefficient (Wildman–Crippen LogP) is 1.51. The molecular formula is C9H14Cl2N2O2. The second-order valence-electron chi connectivity index (χ2n) is 3.83. The molecule has 0 bridgehead atoms. The van der Waals surface area contributed by atoms with Crippen LogP contribution >= 0.6 is 23.2 Å². The highest BCUT2D eigenvalue weighted by molar-refractivity contribution is 6.19. The van der Waals surface area contributed by atoms with Gasteiger partial charge >= 0.3 is 6.03 Å². The minimum atomic E-state index is -0.808. The Kier molecular flexibility index (Phi) is 3.84. The fraction of sp³-hybridized carbons (Fsp3) is 0.778. The Balaban J connectivity index is 2.92. The molecule has 0 atom stereocenters. The zero-order valence-electron chi connectivity index (χ0n) is 8.80. The molecule has 1 fully saturated rings. The van der Waals surface area contributed by atoms with Crippen LogP contribution in [0.25, 0.3) is 0 Å². The number of amides is 3. The van der Waals surface area contributed by atoms with Crippen LogP contribution in [0.4, 0.5) is 4.79 Å². The van der Waals surface area contributed by atoms with Crippen molar-refractivity contribution in [3.63, 3.8) is 0 Å². The van der Waals surface area contributed by atoms with Crippen molar-refractivity contribution >= 4 is 35.1 Å². The molecule has 0 spiro atoms. The van der Waals surface area contributed by atoms with E-state index < -0.39 is 5.54 Å². The smallest absolute Gasteiger partial charge is 0.309 e. The van der Waals surface area contributed by atoms with Crippen LogP contribution in [-0.2, 0) is 4.79 Å². The van der Waals surface area contributed by atoms with Crippen molar-refractivity contribution < 1.29 is 9.59 Å². The summed E-state index contributed by atoms with van der Waals surface area (Å²) in [5.74, 6) is 0.359. The van der Waals surface area contributed by atoms with Crippen LogP contribution in [0.15, 0.2) is 0 Å². The summed E-state index contributed by atoms with van der Waals surface area (Å²) in [4.78, 5) is 26.4. The Labute approximate surface area is 99.1 Å². The van der Waals surface area contributed by atoms with Crippen molar-refractivity contribution in [1.29, 1.82) is 0 Å². The van der Waals surface area contributed by atoms with Crippen LogP contribution in [0.2, 0.25) is 0 Å². The lowest BCUT2D eigenvalue weighted by atomic mass is 10.0. The Morgan fingerprint density at radius 1 is 1.13 bits per heavy atom. The maximum atomic E-state index is 11.9. The lowest BCUT2D eigenvalue weighted by molar-refractivity contribution is -0.131. The maximum Gasteiger partial charge on any atom is 0.327 e. The first-order valence-electron chi connectivity index (χ1n) is 4.72. The van der Waals surface area contributed by atoms with Crippen molar-refractivity contribution in [1.82, 2.24) is 9.80 Å². The molecule has 0 N–H and O–H groups in total. The van der Waals surface area contributed by atoms with Gasteiger partial charge in [-0.3, -0.25) is 9.69 Å². The summed E-state index contributed by atoms with van der Waals surface area (Å²) in [7, 11) is 0. The van der Waals surface area contributed by atoms with Crippen molar-refractivity contribution in [3.8, 4) is 0 Å². The molecule has 1 aliphatic rings.